The molecule has 1 aromatic carbocycles. The lowest BCUT2D eigenvalue weighted by molar-refractivity contribution is 0.262. The predicted molar refractivity (Wildman–Crippen MR) is 70.5 cm³/mol. The standard InChI is InChI=1S/C13H12N2O2S/c1-2-4-12(17-8-11-7-16-11)10(3-1)5-6-13-15-14-9-18-13/h1-6,9,11H,7-8H2. The van der Waals surface area contributed by atoms with Crippen LogP contribution in [0.5, 0.6) is 5.75 Å². The fourth-order valence-electron chi connectivity index (χ4n) is 1.51. The molecule has 5 heteroatoms. The second-order valence-electron chi connectivity index (χ2n) is 3.91. The first-order chi connectivity index (χ1) is 8.92. The van der Waals surface area contributed by atoms with Crippen LogP contribution in [-0.4, -0.2) is 29.5 Å². The van der Waals surface area contributed by atoms with Crippen LogP contribution in [0.15, 0.2) is 29.8 Å². The molecule has 1 unspecified atom stereocenters. The van der Waals surface area contributed by atoms with Crippen molar-refractivity contribution in [1.82, 2.24) is 10.2 Å². The Hall–Kier alpha value is -1.72. The molecule has 1 fully saturated rings. The zero-order valence-corrected chi connectivity index (χ0v) is 10.5. The van der Waals surface area contributed by atoms with Gasteiger partial charge in [-0.3, -0.25) is 0 Å². The molecule has 1 aliphatic rings. The molecule has 0 N–H and O–H groups in total. The minimum absolute atomic E-state index is 0.269. The molecule has 3 rings (SSSR count). The lowest BCUT2D eigenvalue weighted by atomic mass is 10.2. The summed E-state index contributed by atoms with van der Waals surface area (Å²) in [7, 11) is 0. The van der Waals surface area contributed by atoms with Gasteiger partial charge in [-0.1, -0.05) is 18.2 Å². The van der Waals surface area contributed by atoms with Crippen molar-refractivity contribution >= 4 is 23.5 Å². The third kappa shape index (κ3) is 2.94. The van der Waals surface area contributed by atoms with E-state index in [1.54, 1.807) is 5.51 Å². The second kappa shape index (κ2) is 5.29. The van der Waals surface area contributed by atoms with Gasteiger partial charge in [-0.15, -0.1) is 21.5 Å². The Balaban J connectivity index is 1.73. The first-order valence-electron chi connectivity index (χ1n) is 5.69. The van der Waals surface area contributed by atoms with E-state index in [-0.39, 0.29) is 6.10 Å². The molecule has 1 aliphatic heterocycles. The Kier molecular flexibility index (Phi) is 3.34. The average molecular weight is 260 g/mol. The quantitative estimate of drug-likeness (QED) is 0.775. The summed E-state index contributed by atoms with van der Waals surface area (Å²) in [5.41, 5.74) is 2.75. The van der Waals surface area contributed by atoms with Crippen LogP contribution < -0.4 is 4.74 Å². The number of hydrogen-bond donors (Lipinski definition) is 0. The molecule has 2 aromatic rings. The third-order valence-electron chi connectivity index (χ3n) is 2.53. The van der Waals surface area contributed by atoms with Gasteiger partial charge in [0.1, 0.15) is 29.0 Å². The van der Waals surface area contributed by atoms with Crippen molar-refractivity contribution in [3.05, 3.63) is 40.3 Å². The maximum absolute atomic E-state index is 5.72. The van der Waals surface area contributed by atoms with Gasteiger partial charge in [0.05, 0.1) is 6.61 Å². The number of nitrogens with zero attached hydrogens (tertiary/aromatic N) is 2. The summed E-state index contributed by atoms with van der Waals surface area (Å²) in [5, 5.41) is 8.64. The van der Waals surface area contributed by atoms with Crippen LogP contribution >= 0.6 is 11.3 Å². The van der Waals surface area contributed by atoms with Gasteiger partial charge >= 0.3 is 0 Å². The van der Waals surface area contributed by atoms with Gasteiger partial charge in [0, 0.05) is 5.56 Å². The molecule has 0 saturated carbocycles. The lowest BCUT2D eigenvalue weighted by Crippen LogP contribution is -2.04. The summed E-state index contributed by atoms with van der Waals surface area (Å²) in [6.45, 7) is 1.42. The van der Waals surface area contributed by atoms with E-state index in [4.69, 9.17) is 9.47 Å². The molecule has 18 heavy (non-hydrogen) atoms. The minimum atomic E-state index is 0.269. The number of epoxide rings is 1. The van der Waals surface area contributed by atoms with Gasteiger partial charge in [0.2, 0.25) is 0 Å². The highest BCUT2D eigenvalue weighted by molar-refractivity contribution is 7.10. The molecule has 0 amide bonds. The van der Waals surface area contributed by atoms with Gasteiger partial charge in [0.15, 0.2) is 0 Å². The van der Waals surface area contributed by atoms with E-state index in [1.165, 1.54) is 11.3 Å². The molecule has 1 aromatic heterocycles. The SMILES string of the molecule is C(=Cc1ccccc1OCC1CO1)c1nncs1. The van der Waals surface area contributed by atoms with E-state index in [9.17, 15) is 0 Å². The highest BCUT2D eigenvalue weighted by Gasteiger charge is 2.23. The average Bonchev–Trinajstić information content (AvgIpc) is 3.09. The van der Waals surface area contributed by atoms with Gasteiger partial charge in [0.25, 0.3) is 0 Å². The monoisotopic (exact) mass is 260 g/mol. The minimum Gasteiger partial charge on any atom is -0.490 e. The largest absolute Gasteiger partial charge is 0.490 e. The molecule has 1 saturated heterocycles. The fourth-order valence-corrected chi connectivity index (χ4v) is 1.96. The molecule has 1 atom stereocenters. The Morgan fingerprint density at radius 3 is 3.06 bits per heavy atom. The highest BCUT2D eigenvalue weighted by atomic mass is 32.1. The van der Waals surface area contributed by atoms with Crippen LogP contribution in [0, 0.1) is 0 Å². The number of hydrogen-bond acceptors (Lipinski definition) is 5. The van der Waals surface area contributed by atoms with Crippen molar-refractivity contribution in [2.45, 2.75) is 6.10 Å². The van der Waals surface area contributed by atoms with E-state index in [2.05, 4.69) is 10.2 Å². The number of aromatic nitrogens is 2. The van der Waals surface area contributed by atoms with E-state index in [0.29, 0.717) is 6.61 Å². The summed E-state index contributed by atoms with van der Waals surface area (Å²) < 4.78 is 10.9. The maximum Gasteiger partial charge on any atom is 0.140 e. The number of benzene rings is 1. The Bertz CT molecular complexity index is 536. The normalized spacial score (nSPS) is 18.1. The molecule has 2 heterocycles. The fraction of sp³-hybridized carbons (Fsp3) is 0.231. The molecular formula is C13H12N2O2S. The van der Waals surface area contributed by atoms with Crippen LogP contribution in [0.4, 0.5) is 0 Å². The van der Waals surface area contributed by atoms with Gasteiger partial charge < -0.3 is 9.47 Å². The van der Waals surface area contributed by atoms with Crippen LogP contribution in [0.3, 0.4) is 0 Å². The zero-order chi connectivity index (χ0) is 12.2. The number of para-hydroxylation sites is 1. The maximum atomic E-state index is 5.72. The summed E-state index contributed by atoms with van der Waals surface area (Å²) in [6.07, 6.45) is 4.20. The second-order valence-corrected chi connectivity index (χ2v) is 4.78. The van der Waals surface area contributed by atoms with E-state index >= 15 is 0 Å². The Labute approximate surface area is 109 Å². The summed E-state index contributed by atoms with van der Waals surface area (Å²) in [5.74, 6) is 0.869. The van der Waals surface area contributed by atoms with Crippen molar-refractivity contribution in [2.75, 3.05) is 13.2 Å². The van der Waals surface area contributed by atoms with Crippen LogP contribution in [0.1, 0.15) is 10.6 Å². The molecular weight excluding hydrogens is 248 g/mol. The Morgan fingerprint density at radius 2 is 2.28 bits per heavy atom. The number of rotatable bonds is 5. The molecule has 0 aliphatic carbocycles. The molecule has 0 radical (unpaired) electrons. The van der Waals surface area contributed by atoms with Crippen molar-refractivity contribution in [2.24, 2.45) is 0 Å². The zero-order valence-electron chi connectivity index (χ0n) is 9.65. The van der Waals surface area contributed by atoms with E-state index in [0.717, 1.165) is 22.9 Å². The molecule has 4 nitrogen and oxygen atoms in total. The summed E-state index contributed by atoms with van der Waals surface area (Å²) >= 11 is 1.51. The van der Waals surface area contributed by atoms with Gasteiger partial charge in [-0.25, -0.2) is 0 Å². The van der Waals surface area contributed by atoms with Gasteiger partial charge in [-0.05, 0) is 18.2 Å². The van der Waals surface area contributed by atoms with Crippen molar-refractivity contribution in [1.29, 1.82) is 0 Å². The van der Waals surface area contributed by atoms with E-state index in [1.807, 2.05) is 36.4 Å². The van der Waals surface area contributed by atoms with Crippen LogP contribution in [0.2, 0.25) is 0 Å². The number of ether oxygens (including phenoxy) is 2. The van der Waals surface area contributed by atoms with Crippen molar-refractivity contribution in [3.63, 3.8) is 0 Å². The first kappa shape index (κ1) is 11.4. The summed E-state index contributed by atoms with van der Waals surface area (Å²) in [4.78, 5) is 0. The lowest BCUT2D eigenvalue weighted by Gasteiger charge is -2.07. The molecule has 92 valence electrons. The first-order valence-corrected chi connectivity index (χ1v) is 6.57. The molecule has 0 spiro atoms. The van der Waals surface area contributed by atoms with Crippen LogP contribution in [0.25, 0.3) is 12.2 Å². The topological polar surface area (TPSA) is 47.5 Å². The summed E-state index contributed by atoms with van der Waals surface area (Å²) in [6, 6.07) is 7.93. The van der Waals surface area contributed by atoms with Gasteiger partial charge in [-0.2, -0.15) is 0 Å². The predicted octanol–water partition coefficient (Wildman–Crippen LogP) is 2.49. The highest BCUT2D eigenvalue weighted by Crippen LogP contribution is 2.22. The van der Waals surface area contributed by atoms with Crippen molar-refractivity contribution < 1.29 is 9.47 Å². The third-order valence-corrected chi connectivity index (χ3v) is 3.19. The smallest absolute Gasteiger partial charge is 0.140 e. The molecule has 0 bridgehead atoms. The van der Waals surface area contributed by atoms with E-state index < -0.39 is 0 Å². The van der Waals surface area contributed by atoms with Crippen LogP contribution in [-0.2, 0) is 4.74 Å². The van der Waals surface area contributed by atoms with Crippen molar-refractivity contribution in [3.8, 4) is 5.75 Å². The Morgan fingerprint density at radius 1 is 1.39 bits per heavy atom.